The van der Waals surface area contributed by atoms with E-state index in [0.717, 1.165) is 24.8 Å². The number of carbonyl (C=O) groups is 2. The number of nitriles is 2. The van der Waals surface area contributed by atoms with E-state index < -0.39 is 5.91 Å². The van der Waals surface area contributed by atoms with Crippen LogP contribution in [0.1, 0.15) is 42.1 Å². The van der Waals surface area contributed by atoms with Crippen molar-refractivity contribution < 1.29 is 9.59 Å². The minimum Gasteiger partial charge on any atom is -0.379 e. The first-order valence-corrected chi connectivity index (χ1v) is 10.5. The zero-order valence-corrected chi connectivity index (χ0v) is 17.8. The summed E-state index contributed by atoms with van der Waals surface area (Å²) in [6.45, 7) is 1.41. The van der Waals surface area contributed by atoms with Crippen LogP contribution in [0.4, 0.5) is 5.69 Å². The normalized spacial score (nSPS) is 22.3. The number of anilines is 1. The molecule has 33 heavy (non-hydrogen) atoms. The topological polar surface area (TPSA) is 148 Å². The first-order valence-electron chi connectivity index (χ1n) is 10.5. The molecule has 3 aliphatic rings. The van der Waals surface area contributed by atoms with Gasteiger partial charge in [-0.1, -0.05) is 0 Å². The van der Waals surface area contributed by atoms with Gasteiger partial charge in [-0.15, -0.1) is 0 Å². The van der Waals surface area contributed by atoms with Crippen LogP contribution >= 0.6 is 0 Å². The molecular weight excluding hydrogens is 420 g/mol. The van der Waals surface area contributed by atoms with E-state index in [1.807, 2.05) is 18.2 Å². The van der Waals surface area contributed by atoms with Crippen molar-refractivity contribution in [2.24, 2.45) is 0 Å². The minimum atomic E-state index is -0.391. The maximum Gasteiger partial charge on any atom is 0.255 e. The molecule has 0 aliphatic heterocycles. The summed E-state index contributed by atoms with van der Waals surface area (Å²) in [4.78, 5) is 28.6. The number of fused-ring (bicyclic) bond motifs is 1. The molecule has 3 aromatic heterocycles. The lowest BCUT2D eigenvalue weighted by molar-refractivity contribution is -0.131. The molecule has 0 aromatic carbocycles. The van der Waals surface area contributed by atoms with E-state index in [0.29, 0.717) is 28.2 Å². The maximum absolute atomic E-state index is 12.7. The maximum atomic E-state index is 12.7. The van der Waals surface area contributed by atoms with Crippen molar-refractivity contribution in [1.29, 1.82) is 10.5 Å². The molecule has 3 saturated carbocycles. The van der Waals surface area contributed by atoms with Crippen LogP contribution < -0.4 is 16.0 Å². The van der Waals surface area contributed by atoms with E-state index in [2.05, 4.69) is 32.1 Å². The Kier molecular flexibility index (Phi) is 4.53. The van der Waals surface area contributed by atoms with Gasteiger partial charge in [0.15, 0.2) is 0 Å². The predicted octanol–water partition coefficient (Wildman–Crippen LogP) is 1.74. The monoisotopic (exact) mass is 440 g/mol. The van der Waals surface area contributed by atoms with Crippen molar-refractivity contribution in [1.82, 2.24) is 25.2 Å². The summed E-state index contributed by atoms with van der Waals surface area (Å²) in [7, 11) is 0. The van der Waals surface area contributed by atoms with Crippen molar-refractivity contribution in [3.63, 3.8) is 0 Å². The van der Waals surface area contributed by atoms with Gasteiger partial charge in [0.1, 0.15) is 12.6 Å². The smallest absolute Gasteiger partial charge is 0.255 e. The van der Waals surface area contributed by atoms with E-state index in [1.165, 1.54) is 19.3 Å². The number of amides is 2. The highest BCUT2D eigenvalue weighted by Crippen LogP contribution is 2.62. The van der Waals surface area contributed by atoms with Crippen LogP contribution in [0.5, 0.6) is 0 Å². The molecule has 3 fully saturated rings. The molecule has 3 heterocycles. The number of hydrogen-bond donors (Lipinski definition) is 3. The average molecular weight is 440 g/mol. The van der Waals surface area contributed by atoms with Gasteiger partial charge in [0.05, 0.1) is 46.0 Å². The molecule has 10 heteroatoms. The highest BCUT2D eigenvalue weighted by Gasteiger charge is 2.68. The second-order valence-corrected chi connectivity index (χ2v) is 8.76. The molecule has 10 nitrogen and oxygen atoms in total. The van der Waals surface area contributed by atoms with E-state index in [4.69, 9.17) is 10.5 Å². The Morgan fingerprint density at radius 3 is 2.64 bits per heavy atom. The summed E-state index contributed by atoms with van der Waals surface area (Å²) in [5, 5.41) is 31.4. The molecule has 2 amide bonds. The molecule has 0 radical (unpaired) electrons. The quantitative estimate of drug-likeness (QED) is 0.495. The Morgan fingerprint density at radius 1 is 1.15 bits per heavy atom. The lowest BCUT2D eigenvalue weighted by atomic mass is 9.44. The Morgan fingerprint density at radius 2 is 1.94 bits per heavy atom. The SMILES string of the molecule is CC(=O)NC12CC(Nc3cc(-c4ccc5cc(C#N)cnn45)ncc3C(=O)NCC#N)(C1)C2. The molecule has 164 valence electrons. The average Bonchev–Trinajstić information content (AvgIpc) is 3.18. The van der Waals surface area contributed by atoms with Crippen LogP contribution in [0, 0.1) is 22.7 Å². The molecule has 6 rings (SSSR count). The van der Waals surface area contributed by atoms with Crippen LogP contribution in [0.25, 0.3) is 16.9 Å². The van der Waals surface area contributed by atoms with Gasteiger partial charge in [-0.3, -0.25) is 14.6 Å². The van der Waals surface area contributed by atoms with Gasteiger partial charge in [-0.05, 0) is 43.5 Å². The third kappa shape index (κ3) is 3.42. The second-order valence-electron chi connectivity index (χ2n) is 8.76. The van der Waals surface area contributed by atoms with Crippen LogP contribution in [0.3, 0.4) is 0 Å². The summed E-state index contributed by atoms with van der Waals surface area (Å²) >= 11 is 0. The van der Waals surface area contributed by atoms with Crippen molar-refractivity contribution in [2.45, 2.75) is 37.3 Å². The number of nitrogens with zero attached hydrogens (tertiary/aromatic N) is 5. The van der Waals surface area contributed by atoms with Gasteiger partial charge in [-0.25, -0.2) is 4.52 Å². The fraction of sp³-hybridized carbons (Fsp3) is 0.304. The molecule has 3 aliphatic carbocycles. The number of pyridine rings is 1. The van der Waals surface area contributed by atoms with E-state index >= 15 is 0 Å². The first kappa shape index (κ1) is 20.5. The van der Waals surface area contributed by atoms with Gasteiger partial charge in [0, 0.05) is 24.2 Å². The summed E-state index contributed by atoms with van der Waals surface area (Å²) in [6.07, 6.45) is 5.32. The molecule has 0 atom stereocenters. The van der Waals surface area contributed by atoms with E-state index in [-0.39, 0.29) is 23.5 Å². The first-order chi connectivity index (χ1) is 15.9. The number of carbonyl (C=O) groups excluding carboxylic acids is 2. The molecule has 3 N–H and O–H groups in total. The minimum absolute atomic E-state index is 0.0433. The third-order valence-electron chi connectivity index (χ3n) is 6.24. The van der Waals surface area contributed by atoms with Crippen LogP contribution in [0.2, 0.25) is 0 Å². The van der Waals surface area contributed by atoms with Crippen molar-refractivity contribution in [2.75, 3.05) is 11.9 Å². The fourth-order valence-electron chi connectivity index (χ4n) is 5.06. The van der Waals surface area contributed by atoms with Crippen LogP contribution in [0.15, 0.2) is 36.7 Å². The fourth-order valence-corrected chi connectivity index (χ4v) is 5.06. The molecule has 0 spiro atoms. The zero-order valence-electron chi connectivity index (χ0n) is 17.8. The molecule has 0 saturated heterocycles. The van der Waals surface area contributed by atoms with Gasteiger partial charge in [0.25, 0.3) is 5.91 Å². The number of nitrogens with one attached hydrogen (secondary N) is 3. The standard InChI is InChI=1S/C23H20N8O2/c1-14(32)29-22-11-23(12-22,13-22)30-18-7-19(27-10-17(18)21(33)26-5-4-24)20-3-2-16-6-15(8-25)9-28-31(16)20/h2-3,6-7,9-10H,5,11-13H2,1H3,(H,26,33)(H,27,30)(H,29,32). The van der Waals surface area contributed by atoms with E-state index in [1.54, 1.807) is 16.6 Å². The Balaban J connectivity index is 1.48. The Hall–Kier alpha value is -4.44. The predicted molar refractivity (Wildman–Crippen MR) is 118 cm³/mol. The summed E-state index contributed by atoms with van der Waals surface area (Å²) in [6, 6.07) is 11.2. The van der Waals surface area contributed by atoms with Gasteiger partial charge in [-0.2, -0.15) is 15.6 Å². The summed E-state index contributed by atoms with van der Waals surface area (Å²) in [5.74, 6) is -0.434. The Bertz CT molecular complexity index is 1370. The summed E-state index contributed by atoms with van der Waals surface area (Å²) in [5.41, 5.74) is 3.15. The molecule has 2 bridgehead atoms. The molecule has 3 aromatic rings. The van der Waals surface area contributed by atoms with Crippen molar-refractivity contribution in [3.05, 3.63) is 47.8 Å². The van der Waals surface area contributed by atoms with Gasteiger partial charge < -0.3 is 16.0 Å². The molecular formula is C23H20N8O2. The third-order valence-corrected chi connectivity index (χ3v) is 6.24. The van der Waals surface area contributed by atoms with Gasteiger partial charge in [0.2, 0.25) is 5.91 Å². The van der Waals surface area contributed by atoms with E-state index in [9.17, 15) is 9.59 Å². The van der Waals surface area contributed by atoms with Crippen molar-refractivity contribution in [3.8, 4) is 23.5 Å². The van der Waals surface area contributed by atoms with Crippen LogP contribution in [-0.2, 0) is 4.79 Å². The lowest BCUT2D eigenvalue weighted by Crippen LogP contribution is -2.81. The number of rotatable bonds is 6. The Labute approximate surface area is 189 Å². The number of aromatic nitrogens is 3. The zero-order chi connectivity index (χ0) is 23.2. The van der Waals surface area contributed by atoms with Crippen LogP contribution in [-0.4, -0.2) is 44.0 Å². The highest BCUT2D eigenvalue weighted by molar-refractivity contribution is 6.00. The largest absolute Gasteiger partial charge is 0.379 e. The number of hydrogen-bond acceptors (Lipinski definition) is 7. The highest BCUT2D eigenvalue weighted by atomic mass is 16.2. The van der Waals surface area contributed by atoms with Gasteiger partial charge >= 0.3 is 0 Å². The molecule has 0 unspecified atom stereocenters. The lowest BCUT2D eigenvalue weighted by Gasteiger charge is -2.70. The van der Waals surface area contributed by atoms with Crippen molar-refractivity contribution >= 4 is 23.0 Å². The summed E-state index contributed by atoms with van der Waals surface area (Å²) < 4.78 is 1.69. The second kappa shape index (κ2) is 7.31.